The van der Waals surface area contributed by atoms with E-state index >= 15 is 0 Å². The number of hydrogen-bond acceptors (Lipinski definition) is 7. The molecular weight excluding hydrogens is 448 g/mol. The molecule has 184 valence electrons. The first kappa shape index (κ1) is 24.4. The molecule has 1 aliphatic heterocycles. The van der Waals surface area contributed by atoms with Crippen LogP contribution in [0.15, 0.2) is 59.3 Å². The van der Waals surface area contributed by atoms with Gasteiger partial charge in [-0.05, 0) is 37.1 Å². The molecule has 2 amide bonds. The maximum atomic E-state index is 13.3. The zero-order chi connectivity index (χ0) is 24.5. The standard InChI is InChI=1S/C26H30N4O5/c1-33-21-8-4-6-19(16-21)24-17-23(29-35-24)26(32)30(18-22-9-5-15-34-22)14-11-25(31)28-13-10-20-7-2-3-12-27-20/h2-4,6-8,12,16-17,22H,5,9-11,13-15,18H2,1H3,(H,28,31). The molecule has 1 unspecified atom stereocenters. The highest BCUT2D eigenvalue weighted by molar-refractivity contribution is 5.93. The van der Waals surface area contributed by atoms with Gasteiger partial charge in [0.2, 0.25) is 5.91 Å². The summed E-state index contributed by atoms with van der Waals surface area (Å²) in [5.74, 6) is 0.736. The van der Waals surface area contributed by atoms with Gasteiger partial charge in [-0.2, -0.15) is 0 Å². The van der Waals surface area contributed by atoms with Crippen molar-refractivity contribution in [2.75, 3.05) is 33.4 Å². The van der Waals surface area contributed by atoms with Gasteiger partial charge in [0, 0.05) is 62.6 Å². The van der Waals surface area contributed by atoms with Crippen molar-refractivity contribution in [3.8, 4) is 17.1 Å². The number of hydrogen-bond donors (Lipinski definition) is 1. The lowest BCUT2D eigenvalue weighted by Crippen LogP contribution is -2.40. The van der Waals surface area contributed by atoms with Crippen LogP contribution < -0.4 is 10.1 Å². The third-order valence-electron chi connectivity index (χ3n) is 5.86. The van der Waals surface area contributed by atoms with E-state index in [1.807, 2.05) is 42.5 Å². The van der Waals surface area contributed by atoms with E-state index in [-0.39, 0.29) is 36.6 Å². The second kappa shape index (κ2) is 12.1. The summed E-state index contributed by atoms with van der Waals surface area (Å²) in [5, 5.41) is 6.90. The predicted molar refractivity (Wildman–Crippen MR) is 129 cm³/mol. The van der Waals surface area contributed by atoms with E-state index < -0.39 is 0 Å². The Balaban J connectivity index is 1.37. The van der Waals surface area contributed by atoms with Gasteiger partial charge < -0.3 is 24.2 Å². The van der Waals surface area contributed by atoms with Gasteiger partial charge in [-0.1, -0.05) is 23.4 Å². The van der Waals surface area contributed by atoms with Crippen molar-refractivity contribution in [2.45, 2.75) is 31.8 Å². The Morgan fingerprint density at radius 2 is 2.11 bits per heavy atom. The van der Waals surface area contributed by atoms with Crippen LogP contribution in [-0.2, 0) is 16.0 Å². The molecular formula is C26H30N4O5. The molecule has 1 fully saturated rings. The largest absolute Gasteiger partial charge is 0.497 e. The fraction of sp³-hybridized carbons (Fsp3) is 0.385. The molecule has 0 radical (unpaired) electrons. The lowest BCUT2D eigenvalue weighted by Gasteiger charge is -2.24. The summed E-state index contributed by atoms with van der Waals surface area (Å²) in [5.41, 5.74) is 1.87. The molecule has 35 heavy (non-hydrogen) atoms. The van der Waals surface area contributed by atoms with Crippen LogP contribution in [0.4, 0.5) is 0 Å². The number of aromatic nitrogens is 2. The summed E-state index contributed by atoms with van der Waals surface area (Å²) < 4.78 is 16.4. The second-order valence-corrected chi connectivity index (χ2v) is 8.37. The normalized spacial score (nSPS) is 15.1. The molecule has 0 bridgehead atoms. The number of pyridine rings is 1. The molecule has 0 spiro atoms. The molecule has 9 nitrogen and oxygen atoms in total. The molecule has 1 N–H and O–H groups in total. The van der Waals surface area contributed by atoms with Gasteiger partial charge in [0.25, 0.3) is 5.91 Å². The van der Waals surface area contributed by atoms with E-state index in [0.717, 1.165) is 24.1 Å². The van der Waals surface area contributed by atoms with Gasteiger partial charge in [0.15, 0.2) is 11.5 Å². The molecule has 0 aliphatic carbocycles. The summed E-state index contributed by atoms with van der Waals surface area (Å²) in [6, 6.07) is 14.7. The molecule has 4 rings (SSSR count). The number of amides is 2. The molecule has 9 heteroatoms. The zero-order valence-corrected chi connectivity index (χ0v) is 19.8. The van der Waals surface area contributed by atoms with Gasteiger partial charge in [-0.15, -0.1) is 0 Å². The third-order valence-corrected chi connectivity index (χ3v) is 5.86. The Morgan fingerprint density at radius 3 is 2.89 bits per heavy atom. The molecule has 1 aliphatic rings. The first-order valence-corrected chi connectivity index (χ1v) is 11.8. The van der Waals surface area contributed by atoms with Crippen LogP contribution in [0.3, 0.4) is 0 Å². The number of ether oxygens (including phenoxy) is 2. The van der Waals surface area contributed by atoms with Crippen LogP contribution >= 0.6 is 0 Å². The highest BCUT2D eigenvalue weighted by Crippen LogP contribution is 2.25. The minimum atomic E-state index is -0.292. The Labute approximate surface area is 204 Å². The highest BCUT2D eigenvalue weighted by Gasteiger charge is 2.26. The average molecular weight is 479 g/mol. The monoisotopic (exact) mass is 478 g/mol. The summed E-state index contributed by atoms with van der Waals surface area (Å²) in [7, 11) is 1.59. The predicted octanol–water partition coefficient (Wildman–Crippen LogP) is 3.12. The minimum Gasteiger partial charge on any atom is -0.497 e. The van der Waals surface area contributed by atoms with E-state index in [1.54, 1.807) is 24.3 Å². The smallest absolute Gasteiger partial charge is 0.276 e. The first-order valence-electron chi connectivity index (χ1n) is 11.8. The van der Waals surface area contributed by atoms with Gasteiger partial charge >= 0.3 is 0 Å². The molecule has 3 aromatic rings. The topological polar surface area (TPSA) is 107 Å². The number of carbonyl (C=O) groups excluding carboxylic acids is 2. The van der Waals surface area contributed by atoms with Crippen molar-refractivity contribution in [3.05, 3.63) is 66.1 Å². The van der Waals surface area contributed by atoms with Crippen molar-refractivity contribution in [1.82, 2.24) is 20.4 Å². The van der Waals surface area contributed by atoms with Crippen molar-refractivity contribution in [3.63, 3.8) is 0 Å². The number of methoxy groups -OCH3 is 1. The van der Waals surface area contributed by atoms with E-state index in [1.165, 1.54) is 0 Å². The average Bonchev–Trinajstić information content (AvgIpc) is 3.59. The highest BCUT2D eigenvalue weighted by atomic mass is 16.5. The first-order chi connectivity index (χ1) is 17.1. The van der Waals surface area contributed by atoms with Crippen molar-refractivity contribution < 1.29 is 23.6 Å². The van der Waals surface area contributed by atoms with Crippen LogP contribution in [0.1, 0.15) is 35.4 Å². The second-order valence-electron chi connectivity index (χ2n) is 8.37. The number of carbonyl (C=O) groups is 2. The Kier molecular flexibility index (Phi) is 8.45. The molecule has 1 atom stereocenters. The van der Waals surface area contributed by atoms with Crippen molar-refractivity contribution in [1.29, 1.82) is 0 Å². The zero-order valence-electron chi connectivity index (χ0n) is 19.8. The number of rotatable bonds is 11. The molecule has 1 saturated heterocycles. The summed E-state index contributed by atoms with van der Waals surface area (Å²) >= 11 is 0. The maximum absolute atomic E-state index is 13.3. The lowest BCUT2D eigenvalue weighted by molar-refractivity contribution is -0.121. The van der Waals surface area contributed by atoms with Crippen LogP contribution in [0.25, 0.3) is 11.3 Å². The molecule has 3 heterocycles. The summed E-state index contributed by atoms with van der Waals surface area (Å²) in [4.78, 5) is 31.6. The number of benzene rings is 1. The fourth-order valence-corrected chi connectivity index (χ4v) is 3.96. The Hall–Kier alpha value is -3.72. The minimum absolute atomic E-state index is 0.0454. The van der Waals surface area contributed by atoms with E-state index in [9.17, 15) is 9.59 Å². The van der Waals surface area contributed by atoms with E-state index in [4.69, 9.17) is 14.0 Å². The quantitative estimate of drug-likeness (QED) is 0.451. The fourth-order valence-electron chi connectivity index (χ4n) is 3.96. The van der Waals surface area contributed by atoms with Gasteiger partial charge in [-0.3, -0.25) is 14.6 Å². The number of nitrogens with one attached hydrogen (secondary N) is 1. The Bertz CT molecular complexity index is 1110. The molecule has 2 aromatic heterocycles. The van der Waals surface area contributed by atoms with Gasteiger partial charge in [0.05, 0.1) is 13.2 Å². The van der Waals surface area contributed by atoms with Crippen molar-refractivity contribution in [2.24, 2.45) is 0 Å². The van der Waals surface area contributed by atoms with Crippen LogP contribution in [0.5, 0.6) is 5.75 Å². The van der Waals surface area contributed by atoms with Gasteiger partial charge in [0.1, 0.15) is 5.75 Å². The van der Waals surface area contributed by atoms with E-state index in [0.29, 0.717) is 37.6 Å². The van der Waals surface area contributed by atoms with Crippen LogP contribution in [-0.4, -0.2) is 66.3 Å². The summed E-state index contributed by atoms with van der Waals surface area (Å²) in [6.45, 7) is 1.84. The summed E-state index contributed by atoms with van der Waals surface area (Å²) in [6.07, 6.45) is 4.36. The molecule has 0 saturated carbocycles. The van der Waals surface area contributed by atoms with E-state index in [2.05, 4.69) is 15.5 Å². The van der Waals surface area contributed by atoms with Crippen molar-refractivity contribution >= 4 is 11.8 Å². The third kappa shape index (κ3) is 6.89. The number of nitrogens with zero attached hydrogens (tertiary/aromatic N) is 3. The SMILES string of the molecule is COc1cccc(-c2cc(C(=O)N(CCC(=O)NCCc3ccccn3)CC3CCCO3)no2)c1. The van der Waals surface area contributed by atoms with Gasteiger partial charge in [-0.25, -0.2) is 0 Å². The maximum Gasteiger partial charge on any atom is 0.276 e. The Morgan fingerprint density at radius 1 is 1.20 bits per heavy atom. The lowest BCUT2D eigenvalue weighted by atomic mass is 10.1. The molecule has 1 aromatic carbocycles. The van der Waals surface area contributed by atoms with Crippen LogP contribution in [0.2, 0.25) is 0 Å². The van der Waals surface area contributed by atoms with Crippen LogP contribution in [0, 0.1) is 0 Å².